The maximum atomic E-state index is 9.19. The molecule has 1 saturated heterocycles. The summed E-state index contributed by atoms with van der Waals surface area (Å²) in [5.41, 5.74) is 0. The Balaban J connectivity index is 2.32. The lowest BCUT2D eigenvalue weighted by molar-refractivity contribution is 0.128. The summed E-state index contributed by atoms with van der Waals surface area (Å²) in [5, 5.41) is 9.19. The summed E-state index contributed by atoms with van der Waals surface area (Å²) in [7, 11) is 0. The van der Waals surface area contributed by atoms with Crippen LogP contribution in [0, 0.1) is 5.92 Å². The van der Waals surface area contributed by atoms with Crippen LogP contribution in [-0.2, 0) is 0 Å². The Morgan fingerprint density at radius 1 is 1.25 bits per heavy atom. The molecule has 0 aromatic rings. The maximum absolute atomic E-state index is 9.19. The first-order valence-corrected chi connectivity index (χ1v) is 5.09. The van der Waals surface area contributed by atoms with Crippen LogP contribution < -0.4 is 0 Å². The van der Waals surface area contributed by atoms with E-state index >= 15 is 0 Å². The zero-order valence-electron chi connectivity index (χ0n) is 8.29. The topological polar surface area (TPSA) is 23.5 Å². The molecule has 2 nitrogen and oxygen atoms in total. The molecular formula is C10H21NO. The largest absolute Gasteiger partial charge is 0.395 e. The molecule has 1 aliphatic heterocycles. The van der Waals surface area contributed by atoms with Crippen LogP contribution in [0.4, 0.5) is 0 Å². The summed E-state index contributed by atoms with van der Waals surface area (Å²) < 4.78 is 0. The van der Waals surface area contributed by atoms with Crippen molar-refractivity contribution < 1.29 is 5.11 Å². The van der Waals surface area contributed by atoms with Crippen LogP contribution >= 0.6 is 0 Å². The zero-order chi connectivity index (χ0) is 8.97. The first kappa shape index (κ1) is 10.0. The number of nitrogens with zero attached hydrogens (tertiary/aromatic N) is 1. The quantitative estimate of drug-likeness (QED) is 0.692. The Morgan fingerprint density at radius 3 is 2.25 bits per heavy atom. The van der Waals surface area contributed by atoms with Gasteiger partial charge in [0.25, 0.3) is 0 Å². The molecule has 1 atom stereocenters. The van der Waals surface area contributed by atoms with Crippen molar-refractivity contribution in [1.29, 1.82) is 0 Å². The van der Waals surface area contributed by atoms with E-state index in [-0.39, 0.29) is 0 Å². The van der Waals surface area contributed by atoms with Gasteiger partial charge in [0, 0.05) is 6.04 Å². The molecule has 0 amide bonds. The molecule has 1 unspecified atom stereocenters. The summed E-state index contributed by atoms with van der Waals surface area (Å²) >= 11 is 0. The Hall–Kier alpha value is -0.0800. The lowest BCUT2D eigenvalue weighted by atomic mass is 10.0. The Bertz CT molecular complexity index is 119. The molecule has 2 heteroatoms. The van der Waals surface area contributed by atoms with E-state index in [9.17, 15) is 5.11 Å². The van der Waals surface area contributed by atoms with E-state index < -0.39 is 0 Å². The van der Waals surface area contributed by atoms with E-state index in [0.29, 0.717) is 18.6 Å². The fourth-order valence-corrected chi connectivity index (χ4v) is 1.99. The first-order chi connectivity index (χ1) is 5.74. The summed E-state index contributed by atoms with van der Waals surface area (Å²) in [6.45, 7) is 7.16. The van der Waals surface area contributed by atoms with Crippen LogP contribution in [0.25, 0.3) is 0 Å². The van der Waals surface area contributed by atoms with Crippen molar-refractivity contribution in [3.8, 4) is 0 Å². The Morgan fingerprint density at radius 2 is 1.83 bits per heavy atom. The van der Waals surface area contributed by atoms with Crippen molar-refractivity contribution in [2.24, 2.45) is 5.92 Å². The number of aliphatic hydroxyl groups is 1. The van der Waals surface area contributed by atoms with Gasteiger partial charge in [0.2, 0.25) is 0 Å². The van der Waals surface area contributed by atoms with Crippen molar-refractivity contribution in [3.63, 3.8) is 0 Å². The second-order valence-electron chi connectivity index (χ2n) is 4.21. The van der Waals surface area contributed by atoms with Gasteiger partial charge < -0.3 is 5.11 Å². The summed E-state index contributed by atoms with van der Waals surface area (Å²) in [5.74, 6) is 0.697. The van der Waals surface area contributed by atoms with Crippen molar-refractivity contribution in [3.05, 3.63) is 0 Å². The number of hydrogen-bond donors (Lipinski definition) is 1. The van der Waals surface area contributed by atoms with Gasteiger partial charge in [0.15, 0.2) is 0 Å². The van der Waals surface area contributed by atoms with E-state index in [1.807, 2.05) is 0 Å². The highest BCUT2D eigenvalue weighted by molar-refractivity contribution is 4.76. The number of likely N-dealkylation sites (tertiary alicyclic amines) is 1. The monoisotopic (exact) mass is 171 g/mol. The van der Waals surface area contributed by atoms with Crippen LogP contribution in [0.2, 0.25) is 0 Å². The third-order valence-corrected chi connectivity index (χ3v) is 2.61. The molecular weight excluding hydrogens is 150 g/mol. The molecule has 1 rings (SSSR count). The summed E-state index contributed by atoms with van der Waals surface area (Å²) in [4.78, 5) is 2.43. The second-order valence-corrected chi connectivity index (χ2v) is 4.21. The SMILES string of the molecule is CC(C)CC(CO)N1CCCC1. The lowest BCUT2D eigenvalue weighted by Crippen LogP contribution is -2.36. The highest BCUT2D eigenvalue weighted by Gasteiger charge is 2.21. The van der Waals surface area contributed by atoms with Crippen LogP contribution in [-0.4, -0.2) is 35.7 Å². The highest BCUT2D eigenvalue weighted by atomic mass is 16.3. The van der Waals surface area contributed by atoms with E-state index in [4.69, 9.17) is 0 Å². The zero-order valence-corrected chi connectivity index (χ0v) is 8.29. The lowest BCUT2D eigenvalue weighted by Gasteiger charge is -2.26. The number of hydrogen-bond acceptors (Lipinski definition) is 2. The molecule has 1 N–H and O–H groups in total. The Labute approximate surface area is 75.6 Å². The molecule has 0 aromatic heterocycles. The second kappa shape index (κ2) is 4.83. The molecule has 0 saturated carbocycles. The average molecular weight is 171 g/mol. The molecule has 72 valence electrons. The van der Waals surface area contributed by atoms with Gasteiger partial charge in [-0.15, -0.1) is 0 Å². The van der Waals surface area contributed by atoms with Crippen molar-refractivity contribution in [2.45, 2.75) is 39.2 Å². The highest BCUT2D eigenvalue weighted by Crippen LogP contribution is 2.16. The normalized spacial score (nSPS) is 22.0. The number of rotatable bonds is 4. The first-order valence-electron chi connectivity index (χ1n) is 5.09. The number of aliphatic hydroxyl groups excluding tert-OH is 1. The molecule has 0 aromatic carbocycles. The average Bonchev–Trinajstić information content (AvgIpc) is 2.51. The third-order valence-electron chi connectivity index (χ3n) is 2.61. The van der Waals surface area contributed by atoms with E-state index in [2.05, 4.69) is 18.7 Å². The van der Waals surface area contributed by atoms with Gasteiger partial charge in [-0.3, -0.25) is 4.90 Å². The molecule has 1 heterocycles. The summed E-state index contributed by atoms with van der Waals surface area (Å²) in [6, 6.07) is 0.424. The van der Waals surface area contributed by atoms with Gasteiger partial charge in [0.05, 0.1) is 6.61 Å². The molecule has 0 aliphatic carbocycles. The fourth-order valence-electron chi connectivity index (χ4n) is 1.99. The van der Waals surface area contributed by atoms with Crippen LogP contribution in [0.1, 0.15) is 33.1 Å². The molecule has 0 spiro atoms. The van der Waals surface area contributed by atoms with E-state index in [0.717, 1.165) is 6.42 Å². The van der Waals surface area contributed by atoms with Crippen LogP contribution in [0.15, 0.2) is 0 Å². The molecule has 1 aliphatic rings. The van der Waals surface area contributed by atoms with Gasteiger partial charge >= 0.3 is 0 Å². The standard InChI is InChI=1S/C10H21NO/c1-9(2)7-10(8-12)11-5-3-4-6-11/h9-10,12H,3-8H2,1-2H3. The fraction of sp³-hybridized carbons (Fsp3) is 1.00. The van der Waals surface area contributed by atoms with Gasteiger partial charge in [-0.1, -0.05) is 13.8 Å². The van der Waals surface area contributed by atoms with Crippen molar-refractivity contribution in [1.82, 2.24) is 4.90 Å². The predicted octanol–water partition coefficient (Wildman–Crippen LogP) is 1.49. The minimum atomic E-state index is 0.332. The van der Waals surface area contributed by atoms with E-state index in [1.165, 1.54) is 25.9 Å². The minimum Gasteiger partial charge on any atom is -0.395 e. The van der Waals surface area contributed by atoms with Crippen molar-refractivity contribution in [2.75, 3.05) is 19.7 Å². The van der Waals surface area contributed by atoms with Gasteiger partial charge in [0.1, 0.15) is 0 Å². The Kier molecular flexibility index (Phi) is 4.02. The maximum Gasteiger partial charge on any atom is 0.0586 e. The van der Waals surface area contributed by atoms with Gasteiger partial charge in [-0.05, 0) is 38.3 Å². The molecule has 1 fully saturated rings. The third kappa shape index (κ3) is 2.76. The van der Waals surface area contributed by atoms with Crippen molar-refractivity contribution >= 4 is 0 Å². The van der Waals surface area contributed by atoms with Crippen LogP contribution in [0.3, 0.4) is 0 Å². The molecule has 0 bridgehead atoms. The van der Waals surface area contributed by atoms with E-state index in [1.54, 1.807) is 0 Å². The van der Waals surface area contributed by atoms with Crippen LogP contribution in [0.5, 0.6) is 0 Å². The minimum absolute atomic E-state index is 0.332. The van der Waals surface area contributed by atoms with Gasteiger partial charge in [-0.2, -0.15) is 0 Å². The van der Waals surface area contributed by atoms with Gasteiger partial charge in [-0.25, -0.2) is 0 Å². The predicted molar refractivity (Wildman–Crippen MR) is 51.1 cm³/mol. The smallest absolute Gasteiger partial charge is 0.0586 e. The molecule has 0 radical (unpaired) electrons. The summed E-state index contributed by atoms with van der Waals surface area (Å²) in [6.07, 6.45) is 3.76. The molecule has 12 heavy (non-hydrogen) atoms.